The van der Waals surface area contributed by atoms with Gasteiger partial charge in [0, 0.05) is 58.6 Å². The molecule has 0 atom stereocenters. The van der Waals surface area contributed by atoms with Gasteiger partial charge in [0.05, 0.1) is 23.3 Å². The predicted octanol–water partition coefficient (Wildman–Crippen LogP) is 5.74. The van der Waals surface area contributed by atoms with Crippen molar-refractivity contribution < 1.29 is 4.39 Å². The van der Waals surface area contributed by atoms with Crippen molar-refractivity contribution >= 4 is 21.9 Å². The van der Waals surface area contributed by atoms with Gasteiger partial charge in [-0.25, -0.2) is 9.37 Å². The predicted molar refractivity (Wildman–Crippen MR) is 151 cm³/mol. The summed E-state index contributed by atoms with van der Waals surface area (Å²) < 4.78 is 16.5. The molecule has 0 spiro atoms. The minimum atomic E-state index is -0.230. The summed E-state index contributed by atoms with van der Waals surface area (Å²) >= 11 is 0. The number of aromatic amines is 2. The highest BCUT2D eigenvalue weighted by Gasteiger charge is 2.17. The van der Waals surface area contributed by atoms with Crippen LogP contribution in [0.15, 0.2) is 61.2 Å². The van der Waals surface area contributed by atoms with Gasteiger partial charge >= 0.3 is 0 Å². The van der Waals surface area contributed by atoms with Crippen LogP contribution in [0.4, 0.5) is 4.39 Å². The van der Waals surface area contributed by atoms with Crippen molar-refractivity contribution in [3.63, 3.8) is 0 Å². The van der Waals surface area contributed by atoms with Crippen LogP contribution >= 0.6 is 0 Å². The Kier molecular flexibility index (Phi) is 5.93. The Morgan fingerprint density at radius 2 is 1.85 bits per heavy atom. The average molecular weight is 521 g/mol. The summed E-state index contributed by atoms with van der Waals surface area (Å²) in [7, 11) is 1.89. The molecule has 0 unspecified atom stereocenters. The molecule has 1 aliphatic rings. The number of nitrogens with zero attached hydrogens (tertiary/aromatic N) is 6. The van der Waals surface area contributed by atoms with E-state index in [2.05, 4.69) is 53.3 Å². The molecule has 5 aromatic heterocycles. The Hall–Kier alpha value is -4.37. The Labute approximate surface area is 224 Å². The number of rotatable bonds is 7. The third-order valence-corrected chi connectivity index (χ3v) is 7.63. The molecular formula is C30H29FN8. The molecule has 6 aromatic rings. The lowest BCUT2D eigenvalue weighted by Crippen LogP contribution is -2.20. The Morgan fingerprint density at radius 1 is 0.949 bits per heavy atom. The van der Waals surface area contributed by atoms with Crippen LogP contribution in [-0.4, -0.2) is 59.5 Å². The monoisotopic (exact) mass is 520 g/mol. The van der Waals surface area contributed by atoms with Crippen LogP contribution in [0.5, 0.6) is 0 Å². The number of aryl methyl sites for hydroxylation is 2. The minimum Gasteiger partial charge on any atom is -0.353 e. The lowest BCUT2D eigenvalue weighted by Gasteiger charge is -2.14. The fraction of sp³-hybridized carbons (Fsp3) is 0.267. The Morgan fingerprint density at radius 3 is 2.69 bits per heavy atom. The zero-order valence-electron chi connectivity index (χ0n) is 21.8. The van der Waals surface area contributed by atoms with Crippen molar-refractivity contribution in [3.05, 3.63) is 72.6 Å². The molecule has 0 aliphatic carbocycles. The van der Waals surface area contributed by atoms with Gasteiger partial charge in [-0.1, -0.05) is 0 Å². The van der Waals surface area contributed by atoms with Crippen molar-refractivity contribution in [1.82, 2.24) is 39.8 Å². The lowest BCUT2D eigenvalue weighted by atomic mass is 10.0. The van der Waals surface area contributed by atoms with Crippen molar-refractivity contribution in [2.75, 3.05) is 19.6 Å². The number of fused-ring (bicyclic) bond motifs is 2. The number of hydrogen-bond acceptors (Lipinski definition) is 5. The maximum Gasteiger partial charge on any atom is 0.181 e. The molecule has 1 saturated heterocycles. The third-order valence-electron chi connectivity index (χ3n) is 7.63. The fourth-order valence-corrected chi connectivity index (χ4v) is 5.70. The van der Waals surface area contributed by atoms with Crippen LogP contribution in [0.1, 0.15) is 24.8 Å². The van der Waals surface area contributed by atoms with Gasteiger partial charge in [-0.15, -0.1) is 0 Å². The summed E-state index contributed by atoms with van der Waals surface area (Å²) in [5.41, 5.74) is 7.78. The van der Waals surface area contributed by atoms with Crippen LogP contribution in [0.25, 0.3) is 55.7 Å². The van der Waals surface area contributed by atoms with Crippen molar-refractivity contribution in [3.8, 4) is 33.8 Å². The number of pyridine rings is 2. The number of benzene rings is 1. The van der Waals surface area contributed by atoms with Gasteiger partial charge in [-0.05, 0) is 87.3 Å². The highest BCUT2D eigenvalue weighted by molar-refractivity contribution is 6.00. The van der Waals surface area contributed by atoms with E-state index in [1.165, 1.54) is 25.9 Å². The van der Waals surface area contributed by atoms with Crippen LogP contribution in [-0.2, 0) is 13.5 Å². The molecule has 8 nitrogen and oxygen atoms in total. The van der Waals surface area contributed by atoms with E-state index in [-0.39, 0.29) is 5.82 Å². The van der Waals surface area contributed by atoms with Gasteiger partial charge in [-0.2, -0.15) is 10.2 Å². The molecule has 0 saturated carbocycles. The summed E-state index contributed by atoms with van der Waals surface area (Å²) in [5.74, 6) is -0.230. The Bertz CT molecular complexity index is 1790. The summed E-state index contributed by atoms with van der Waals surface area (Å²) in [6.45, 7) is 3.43. The van der Waals surface area contributed by atoms with E-state index in [1.54, 1.807) is 23.0 Å². The first-order valence-electron chi connectivity index (χ1n) is 13.4. The van der Waals surface area contributed by atoms with Gasteiger partial charge in [0.2, 0.25) is 0 Å². The molecule has 7 rings (SSSR count). The summed E-state index contributed by atoms with van der Waals surface area (Å²) in [4.78, 5) is 15.2. The molecule has 1 aliphatic heterocycles. The highest BCUT2D eigenvalue weighted by Crippen LogP contribution is 2.34. The standard InChI is InChI=1S/C30H29FN8/c1-38-18-22(17-34-38)21-14-25-29(36-37-30(25)33-16-21)27-15-24-26(35-27)6-7-32-28(24)20-11-19(12-23(31)13-20)5-4-10-39-8-2-3-9-39/h6-7,11-18,35H,2-5,8-10H2,1H3,(H,33,36,37). The van der Waals surface area contributed by atoms with Crippen molar-refractivity contribution in [1.29, 1.82) is 0 Å². The van der Waals surface area contributed by atoms with Crippen molar-refractivity contribution in [2.45, 2.75) is 25.7 Å². The first-order chi connectivity index (χ1) is 19.1. The average Bonchev–Trinajstić information content (AvgIpc) is 3.74. The molecular weight excluding hydrogens is 491 g/mol. The summed E-state index contributed by atoms with van der Waals surface area (Å²) in [5, 5.41) is 13.7. The molecule has 1 aromatic carbocycles. The second-order valence-electron chi connectivity index (χ2n) is 10.4. The van der Waals surface area contributed by atoms with E-state index in [0.717, 1.165) is 75.0 Å². The normalized spacial score (nSPS) is 14.2. The maximum absolute atomic E-state index is 14.8. The van der Waals surface area contributed by atoms with Gasteiger partial charge in [0.15, 0.2) is 5.65 Å². The van der Waals surface area contributed by atoms with Gasteiger partial charge < -0.3 is 9.88 Å². The number of halogens is 1. The lowest BCUT2D eigenvalue weighted by molar-refractivity contribution is 0.334. The first kappa shape index (κ1) is 23.7. The van der Waals surface area contributed by atoms with E-state index in [0.29, 0.717) is 5.65 Å². The molecule has 196 valence electrons. The highest BCUT2D eigenvalue weighted by atomic mass is 19.1. The zero-order valence-corrected chi connectivity index (χ0v) is 21.8. The quantitative estimate of drug-likeness (QED) is 0.280. The summed E-state index contributed by atoms with van der Waals surface area (Å²) in [6, 6.07) is 11.4. The van der Waals surface area contributed by atoms with Crippen LogP contribution in [0.2, 0.25) is 0 Å². The topological polar surface area (TPSA) is 91.3 Å². The third kappa shape index (κ3) is 4.59. The molecule has 0 bridgehead atoms. The number of nitrogens with one attached hydrogen (secondary N) is 2. The molecule has 1 fully saturated rings. The van der Waals surface area contributed by atoms with Crippen LogP contribution in [0, 0.1) is 5.82 Å². The largest absolute Gasteiger partial charge is 0.353 e. The zero-order chi connectivity index (χ0) is 26.3. The van der Waals surface area contributed by atoms with Gasteiger partial charge in [0.1, 0.15) is 5.82 Å². The SMILES string of the molecule is Cn1cc(-c2cnc3n[nH]c(-c4cc5c(-c6cc(F)cc(CCCN7CCCC7)c6)nccc5[nH]4)c3c2)cn1. The van der Waals surface area contributed by atoms with Crippen LogP contribution < -0.4 is 0 Å². The van der Waals surface area contributed by atoms with Gasteiger partial charge in [0.25, 0.3) is 0 Å². The second-order valence-corrected chi connectivity index (χ2v) is 10.4. The smallest absolute Gasteiger partial charge is 0.181 e. The van der Waals surface area contributed by atoms with E-state index in [1.807, 2.05) is 31.7 Å². The molecule has 2 N–H and O–H groups in total. The second kappa shape index (κ2) is 9.74. The Balaban J connectivity index is 1.23. The van der Waals surface area contributed by atoms with Crippen LogP contribution in [0.3, 0.4) is 0 Å². The number of H-pyrrole nitrogens is 2. The van der Waals surface area contributed by atoms with E-state index < -0.39 is 0 Å². The number of likely N-dealkylation sites (tertiary alicyclic amines) is 1. The van der Waals surface area contributed by atoms with Gasteiger partial charge in [-0.3, -0.25) is 14.8 Å². The molecule has 6 heterocycles. The molecule has 9 heteroatoms. The van der Waals surface area contributed by atoms with E-state index in [9.17, 15) is 4.39 Å². The fourth-order valence-electron chi connectivity index (χ4n) is 5.70. The minimum absolute atomic E-state index is 0.230. The van der Waals surface area contributed by atoms with E-state index >= 15 is 0 Å². The number of aromatic nitrogens is 7. The first-order valence-corrected chi connectivity index (χ1v) is 13.4. The number of hydrogen-bond donors (Lipinski definition) is 2. The molecule has 0 radical (unpaired) electrons. The van der Waals surface area contributed by atoms with Crippen molar-refractivity contribution in [2.24, 2.45) is 7.05 Å². The maximum atomic E-state index is 14.8. The molecule has 0 amide bonds. The molecule has 39 heavy (non-hydrogen) atoms. The summed E-state index contributed by atoms with van der Waals surface area (Å²) in [6.07, 6.45) is 11.8. The van der Waals surface area contributed by atoms with E-state index in [4.69, 9.17) is 0 Å².